The van der Waals surface area contributed by atoms with Crippen molar-refractivity contribution in [2.75, 3.05) is 39.3 Å². The van der Waals surface area contributed by atoms with Crippen LogP contribution >= 0.6 is 0 Å². The Labute approximate surface area is 175 Å². The van der Waals surface area contributed by atoms with Crippen molar-refractivity contribution in [2.45, 2.75) is 52.6 Å². The van der Waals surface area contributed by atoms with Gasteiger partial charge in [0.25, 0.3) is 0 Å². The Morgan fingerprint density at radius 1 is 1.10 bits per heavy atom. The zero-order valence-electron chi connectivity index (χ0n) is 18.1. The number of nitrogens with one attached hydrogen (secondary N) is 2. The Hall–Kier alpha value is -2.08. The highest BCUT2D eigenvalue weighted by molar-refractivity contribution is 5.86. The summed E-state index contributed by atoms with van der Waals surface area (Å²) in [6.45, 7) is 11.2. The van der Waals surface area contributed by atoms with Gasteiger partial charge < -0.3 is 15.5 Å². The molecule has 1 unspecified atom stereocenters. The van der Waals surface area contributed by atoms with Gasteiger partial charge in [0.1, 0.15) is 0 Å². The van der Waals surface area contributed by atoms with Crippen LogP contribution in [0, 0.1) is 5.92 Å². The molecule has 0 aromatic heterocycles. The van der Waals surface area contributed by atoms with Crippen LogP contribution in [0.3, 0.4) is 0 Å². The molecule has 6 nitrogen and oxygen atoms in total. The number of guanidine groups is 1. The van der Waals surface area contributed by atoms with Crippen molar-refractivity contribution in [3.8, 4) is 0 Å². The van der Waals surface area contributed by atoms with Crippen molar-refractivity contribution in [3.63, 3.8) is 0 Å². The molecule has 2 aliphatic heterocycles. The Balaban J connectivity index is 1.58. The molecule has 0 bridgehead atoms. The van der Waals surface area contributed by atoms with E-state index in [0.717, 1.165) is 44.9 Å². The van der Waals surface area contributed by atoms with Gasteiger partial charge in [-0.3, -0.25) is 9.69 Å². The summed E-state index contributed by atoms with van der Waals surface area (Å²) in [6, 6.07) is 8.60. The summed E-state index contributed by atoms with van der Waals surface area (Å²) in [7, 11) is 0. The van der Waals surface area contributed by atoms with Gasteiger partial charge in [-0.2, -0.15) is 0 Å². The predicted octanol–water partition coefficient (Wildman–Crippen LogP) is 2.60. The van der Waals surface area contributed by atoms with Crippen molar-refractivity contribution < 1.29 is 4.79 Å². The Morgan fingerprint density at radius 3 is 2.59 bits per heavy atom. The van der Waals surface area contributed by atoms with Gasteiger partial charge in [0.05, 0.1) is 13.1 Å². The van der Waals surface area contributed by atoms with E-state index in [4.69, 9.17) is 4.99 Å². The third kappa shape index (κ3) is 6.74. The first-order valence-corrected chi connectivity index (χ1v) is 11.2. The van der Waals surface area contributed by atoms with Crippen molar-refractivity contribution in [1.82, 2.24) is 20.4 Å². The van der Waals surface area contributed by atoms with Crippen LogP contribution in [0.2, 0.25) is 0 Å². The predicted molar refractivity (Wildman–Crippen MR) is 119 cm³/mol. The van der Waals surface area contributed by atoms with Crippen LogP contribution < -0.4 is 10.6 Å². The normalized spacial score (nSPS) is 20.7. The summed E-state index contributed by atoms with van der Waals surface area (Å²) in [5, 5.41) is 6.47. The minimum Gasteiger partial charge on any atom is -0.357 e. The van der Waals surface area contributed by atoms with E-state index in [0.29, 0.717) is 19.0 Å². The standard InChI is InChI=1S/C23H37N5O/c1-3-24-23(26-16-22(29)28-13-6-7-14-28)25-15-20-10-4-5-11-21(20)18-27-12-8-9-19(2)17-27/h4-5,10-11,19H,3,6-9,12-18H2,1-2H3,(H2,24,25,26). The Kier molecular flexibility index (Phi) is 8.35. The maximum Gasteiger partial charge on any atom is 0.241 e. The number of rotatable bonds is 7. The minimum absolute atomic E-state index is 0.160. The summed E-state index contributed by atoms with van der Waals surface area (Å²) >= 11 is 0. The molecule has 2 fully saturated rings. The van der Waals surface area contributed by atoms with E-state index in [9.17, 15) is 4.79 Å². The summed E-state index contributed by atoms with van der Waals surface area (Å²) in [6.07, 6.45) is 4.87. The maximum absolute atomic E-state index is 12.3. The second kappa shape index (κ2) is 11.2. The SMILES string of the molecule is CCNC(=NCc1ccccc1CN1CCCC(C)C1)NCC(=O)N1CCCC1. The van der Waals surface area contributed by atoms with E-state index in [1.165, 1.54) is 37.1 Å². The number of carbonyl (C=O) groups is 1. The molecular formula is C23H37N5O. The second-order valence-electron chi connectivity index (χ2n) is 8.39. The van der Waals surface area contributed by atoms with Gasteiger partial charge in [-0.1, -0.05) is 31.2 Å². The topological polar surface area (TPSA) is 60.0 Å². The van der Waals surface area contributed by atoms with Gasteiger partial charge >= 0.3 is 0 Å². The van der Waals surface area contributed by atoms with E-state index in [2.05, 4.69) is 46.7 Å². The molecule has 6 heteroatoms. The van der Waals surface area contributed by atoms with Crippen LogP contribution in [0.25, 0.3) is 0 Å². The highest BCUT2D eigenvalue weighted by atomic mass is 16.2. The van der Waals surface area contributed by atoms with Crippen LogP contribution in [0.5, 0.6) is 0 Å². The van der Waals surface area contributed by atoms with E-state index in [1.807, 2.05) is 11.8 Å². The number of nitrogens with zero attached hydrogens (tertiary/aromatic N) is 3. The highest BCUT2D eigenvalue weighted by Gasteiger charge is 2.18. The summed E-state index contributed by atoms with van der Waals surface area (Å²) in [5.74, 6) is 1.65. The molecule has 1 aromatic rings. The second-order valence-corrected chi connectivity index (χ2v) is 8.39. The highest BCUT2D eigenvalue weighted by Crippen LogP contribution is 2.20. The van der Waals surface area contributed by atoms with Crippen molar-refractivity contribution in [1.29, 1.82) is 0 Å². The lowest BCUT2D eigenvalue weighted by molar-refractivity contribution is -0.128. The number of likely N-dealkylation sites (tertiary alicyclic amines) is 2. The molecule has 2 heterocycles. The first kappa shape index (κ1) is 21.6. The molecule has 1 amide bonds. The smallest absolute Gasteiger partial charge is 0.241 e. The lowest BCUT2D eigenvalue weighted by atomic mass is 9.99. The van der Waals surface area contributed by atoms with Crippen molar-refractivity contribution in [3.05, 3.63) is 35.4 Å². The molecular weight excluding hydrogens is 362 g/mol. The van der Waals surface area contributed by atoms with Gasteiger partial charge in [-0.25, -0.2) is 4.99 Å². The molecule has 2 aliphatic rings. The molecule has 0 radical (unpaired) electrons. The van der Waals surface area contributed by atoms with Gasteiger partial charge in [0, 0.05) is 32.7 Å². The third-order valence-corrected chi connectivity index (χ3v) is 5.87. The van der Waals surface area contributed by atoms with Gasteiger partial charge in [-0.15, -0.1) is 0 Å². The average molecular weight is 400 g/mol. The van der Waals surface area contributed by atoms with Crippen molar-refractivity contribution >= 4 is 11.9 Å². The van der Waals surface area contributed by atoms with Crippen LogP contribution in [0.4, 0.5) is 0 Å². The number of aliphatic imine (C=N–C) groups is 1. The lowest BCUT2D eigenvalue weighted by Crippen LogP contribution is -2.44. The first-order valence-electron chi connectivity index (χ1n) is 11.2. The lowest BCUT2D eigenvalue weighted by Gasteiger charge is -2.31. The molecule has 29 heavy (non-hydrogen) atoms. The quantitative estimate of drug-likeness (QED) is 0.547. The fourth-order valence-corrected chi connectivity index (χ4v) is 4.28. The molecule has 0 saturated carbocycles. The summed E-state index contributed by atoms with van der Waals surface area (Å²) in [4.78, 5) is 21.6. The number of amides is 1. The van der Waals surface area contributed by atoms with Crippen LogP contribution in [-0.4, -0.2) is 60.9 Å². The molecule has 2 N–H and O–H groups in total. The minimum atomic E-state index is 0.160. The molecule has 0 spiro atoms. The fraction of sp³-hybridized carbons (Fsp3) is 0.652. The van der Waals surface area contributed by atoms with Crippen LogP contribution in [-0.2, 0) is 17.9 Å². The molecule has 160 valence electrons. The zero-order valence-corrected chi connectivity index (χ0v) is 18.1. The number of hydrogen-bond acceptors (Lipinski definition) is 3. The molecule has 0 aliphatic carbocycles. The zero-order chi connectivity index (χ0) is 20.5. The van der Waals surface area contributed by atoms with E-state index in [1.54, 1.807) is 0 Å². The molecule has 3 rings (SSSR count). The first-order chi connectivity index (χ1) is 14.2. The van der Waals surface area contributed by atoms with Gasteiger partial charge in [-0.05, 0) is 56.2 Å². The maximum atomic E-state index is 12.3. The van der Waals surface area contributed by atoms with Crippen molar-refractivity contribution in [2.24, 2.45) is 10.9 Å². The fourth-order valence-electron chi connectivity index (χ4n) is 4.28. The Bertz CT molecular complexity index is 684. The van der Waals surface area contributed by atoms with Crippen LogP contribution in [0.15, 0.2) is 29.3 Å². The number of hydrogen-bond donors (Lipinski definition) is 2. The van der Waals surface area contributed by atoms with E-state index < -0.39 is 0 Å². The van der Waals surface area contributed by atoms with Crippen LogP contribution in [0.1, 0.15) is 50.7 Å². The number of benzene rings is 1. The number of piperidine rings is 1. The van der Waals surface area contributed by atoms with Gasteiger partial charge in [0.2, 0.25) is 5.91 Å². The molecule has 1 atom stereocenters. The average Bonchev–Trinajstić information content (AvgIpc) is 3.26. The molecule has 1 aromatic carbocycles. The summed E-state index contributed by atoms with van der Waals surface area (Å²) in [5.41, 5.74) is 2.61. The van der Waals surface area contributed by atoms with E-state index in [-0.39, 0.29) is 5.91 Å². The summed E-state index contributed by atoms with van der Waals surface area (Å²) < 4.78 is 0. The molecule has 2 saturated heterocycles. The van der Waals surface area contributed by atoms with E-state index >= 15 is 0 Å². The number of carbonyl (C=O) groups excluding carboxylic acids is 1. The largest absolute Gasteiger partial charge is 0.357 e. The van der Waals surface area contributed by atoms with Gasteiger partial charge in [0.15, 0.2) is 5.96 Å². The monoisotopic (exact) mass is 399 g/mol. The third-order valence-electron chi connectivity index (χ3n) is 5.87. The Morgan fingerprint density at radius 2 is 1.86 bits per heavy atom.